The third kappa shape index (κ3) is 5.52. The summed E-state index contributed by atoms with van der Waals surface area (Å²) in [5.41, 5.74) is 0. The third-order valence-corrected chi connectivity index (χ3v) is 0.828. The van der Waals surface area contributed by atoms with E-state index in [0.29, 0.717) is 6.61 Å². The first-order valence-electron chi connectivity index (χ1n) is 2.93. The van der Waals surface area contributed by atoms with Crippen molar-refractivity contribution < 1.29 is 4.74 Å². The fourth-order valence-corrected chi connectivity index (χ4v) is 0.377. The molecule has 0 bridgehead atoms. The number of rotatable bonds is 4. The zero-order valence-corrected chi connectivity index (χ0v) is 5.31. The number of hydrogen-bond acceptors (Lipinski definition) is 1. The molecule has 0 aliphatic carbocycles. The molecule has 0 rings (SSSR count). The maximum atomic E-state index is 4.99. The molecule has 0 spiro atoms. The third-order valence-electron chi connectivity index (χ3n) is 0.828. The zero-order chi connectivity index (χ0) is 6.24. The fourth-order valence-electron chi connectivity index (χ4n) is 0.377. The summed E-state index contributed by atoms with van der Waals surface area (Å²) in [5, 5.41) is 0. The van der Waals surface area contributed by atoms with Crippen LogP contribution < -0.4 is 0 Å². The Morgan fingerprint density at radius 2 is 2.38 bits per heavy atom. The average molecular weight is 112 g/mol. The van der Waals surface area contributed by atoms with Gasteiger partial charge < -0.3 is 4.74 Å². The van der Waals surface area contributed by atoms with Crippen LogP contribution in [0.15, 0.2) is 0 Å². The first kappa shape index (κ1) is 7.52. The van der Waals surface area contributed by atoms with Gasteiger partial charge >= 0.3 is 0 Å². The summed E-state index contributed by atoms with van der Waals surface area (Å²) in [7, 11) is 0. The lowest BCUT2D eigenvalue weighted by molar-refractivity contribution is 0.163. The quantitative estimate of drug-likeness (QED) is 0.395. The molecule has 0 heterocycles. The molecule has 0 aromatic rings. The van der Waals surface area contributed by atoms with E-state index < -0.39 is 0 Å². The van der Waals surface area contributed by atoms with E-state index in [2.05, 4.69) is 12.8 Å². The minimum Gasteiger partial charge on any atom is -0.369 e. The van der Waals surface area contributed by atoms with Crippen LogP contribution in [-0.4, -0.2) is 13.2 Å². The van der Waals surface area contributed by atoms with Crippen molar-refractivity contribution in [2.45, 2.75) is 19.8 Å². The average Bonchev–Trinajstić information content (AvgIpc) is 1.81. The van der Waals surface area contributed by atoms with Crippen LogP contribution in [0.3, 0.4) is 0 Å². The molecule has 1 heteroatoms. The first-order chi connectivity index (χ1) is 3.91. The van der Waals surface area contributed by atoms with Gasteiger partial charge in [-0.05, 0) is 6.42 Å². The van der Waals surface area contributed by atoms with Gasteiger partial charge in [0.15, 0.2) is 0 Å². The van der Waals surface area contributed by atoms with Crippen molar-refractivity contribution in [3.05, 3.63) is 0 Å². The summed E-state index contributed by atoms with van der Waals surface area (Å²) in [6.45, 7) is 3.39. The Bertz CT molecular complexity index is 70.9. The molecule has 1 nitrogen and oxygen atoms in total. The molecule has 0 aliphatic heterocycles. The molecular formula is C7H12O. The van der Waals surface area contributed by atoms with Crippen molar-refractivity contribution in [1.29, 1.82) is 0 Å². The van der Waals surface area contributed by atoms with Crippen LogP contribution >= 0.6 is 0 Å². The number of ether oxygens (including phenoxy) is 1. The highest BCUT2D eigenvalue weighted by Crippen LogP contribution is 1.85. The number of hydrogen-bond donors (Lipinski definition) is 0. The smallest absolute Gasteiger partial charge is 0.107 e. The van der Waals surface area contributed by atoms with Gasteiger partial charge in [-0.25, -0.2) is 0 Å². The van der Waals surface area contributed by atoms with Crippen LogP contribution in [0.5, 0.6) is 0 Å². The van der Waals surface area contributed by atoms with Gasteiger partial charge in [0, 0.05) is 6.61 Å². The Morgan fingerprint density at radius 1 is 1.62 bits per heavy atom. The highest BCUT2D eigenvalue weighted by Gasteiger charge is 1.80. The molecule has 8 heavy (non-hydrogen) atoms. The maximum absolute atomic E-state index is 4.99. The van der Waals surface area contributed by atoms with Gasteiger partial charge in [-0.3, -0.25) is 0 Å². The van der Waals surface area contributed by atoms with Gasteiger partial charge in [0.1, 0.15) is 6.61 Å². The van der Waals surface area contributed by atoms with E-state index in [1.807, 2.05) is 0 Å². The first-order valence-corrected chi connectivity index (χ1v) is 2.93. The SMILES string of the molecule is C#CCOCCCC. The number of terminal acetylenes is 1. The summed E-state index contributed by atoms with van der Waals surface area (Å²) >= 11 is 0. The minimum absolute atomic E-state index is 0.458. The highest BCUT2D eigenvalue weighted by molar-refractivity contribution is 4.82. The van der Waals surface area contributed by atoms with E-state index in [1.54, 1.807) is 0 Å². The van der Waals surface area contributed by atoms with Crippen molar-refractivity contribution in [3.8, 4) is 12.3 Å². The molecule has 0 atom stereocenters. The molecular weight excluding hydrogens is 100 g/mol. The summed E-state index contributed by atoms with van der Waals surface area (Å²) in [4.78, 5) is 0. The van der Waals surface area contributed by atoms with E-state index in [9.17, 15) is 0 Å². The highest BCUT2D eigenvalue weighted by atomic mass is 16.5. The molecule has 0 N–H and O–H groups in total. The summed E-state index contributed by atoms with van der Waals surface area (Å²) in [5.74, 6) is 2.40. The Balaban J connectivity index is 2.65. The van der Waals surface area contributed by atoms with Crippen molar-refractivity contribution in [2.75, 3.05) is 13.2 Å². The Hall–Kier alpha value is -0.480. The van der Waals surface area contributed by atoms with Gasteiger partial charge in [0.05, 0.1) is 0 Å². The van der Waals surface area contributed by atoms with Crippen LogP contribution in [-0.2, 0) is 4.74 Å². The second-order valence-corrected chi connectivity index (χ2v) is 1.61. The Labute approximate surface area is 51.0 Å². The lowest BCUT2D eigenvalue weighted by atomic mass is 10.4. The van der Waals surface area contributed by atoms with E-state index in [0.717, 1.165) is 13.0 Å². The lowest BCUT2D eigenvalue weighted by Crippen LogP contribution is -1.92. The van der Waals surface area contributed by atoms with Crippen LogP contribution in [0.2, 0.25) is 0 Å². The second-order valence-electron chi connectivity index (χ2n) is 1.61. The van der Waals surface area contributed by atoms with Gasteiger partial charge in [-0.15, -0.1) is 6.42 Å². The standard InChI is InChI=1S/C7H12O/c1-3-5-7-8-6-4-2/h2H,3,5-7H2,1H3. The van der Waals surface area contributed by atoms with Gasteiger partial charge in [0.25, 0.3) is 0 Å². The molecule has 0 fully saturated rings. The van der Waals surface area contributed by atoms with E-state index in [1.165, 1.54) is 6.42 Å². The van der Waals surface area contributed by atoms with Crippen LogP contribution in [0.4, 0.5) is 0 Å². The van der Waals surface area contributed by atoms with Gasteiger partial charge in [-0.1, -0.05) is 19.3 Å². The van der Waals surface area contributed by atoms with Crippen molar-refractivity contribution in [3.63, 3.8) is 0 Å². The summed E-state index contributed by atoms with van der Waals surface area (Å²) in [6, 6.07) is 0. The molecule has 0 saturated carbocycles. The predicted molar refractivity (Wildman–Crippen MR) is 34.6 cm³/mol. The van der Waals surface area contributed by atoms with Gasteiger partial charge in [-0.2, -0.15) is 0 Å². The molecule has 0 amide bonds. The molecule has 0 aromatic carbocycles. The van der Waals surface area contributed by atoms with Crippen molar-refractivity contribution in [2.24, 2.45) is 0 Å². The fraction of sp³-hybridized carbons (Fsp3) is 0.714. The van der Waals surface area contributed by atoms with E-state index in [-0.39, 0.29) is 0 Å². The zero-order valence-electron chi connectivity index (χ0n) is 5.31. The molecule has 0 saturated heterocycles. The van der Waals surface area contributed by atoms with Gasteiger partial charge in [0.2, 0.25) is 0 Å². The van der Waals surface area contributed by atoms with E-state index >= 15 is 0 Å². The molecule has 0 unspecified atom stereocenters. The second kappa shape index (κ2) is 6.52. The maximum Gasteiger partial charge on any atom is 0.107 e. The van der Waals surface area contributed by atoms with Crippen LogP contribution in [0, 0.1) is 12.3 Å². The summed E-state index contributed by atoms with van der Waals surface area (Å²) < 4.78 is 4.99. The monoisotopic (exact) mass is 112 g/mol. The van der Waals surface area contributed by atoms with Crippen molar-refractivity contribution in [1.82, 2.24) is 0 Å². The Kier molecular flexibility index (Phi) is 6.13. The largest absolute Gasteiger partial charge is 0.369 e. The number of unbranched alkanes of at least 4 members (excludes halogenated alkanes) is 1. The molecule has 0 aliphatic rings. The van der Waals surface area contributed by atoms with E-state index in [4.69, 9.17) is 11.2 Å². The predicted octanol–water partition coefficient (Wildman–Crippen LogP) is 1.44. The minimum atomic E-state index is 0.458. The van der Waals surface area contributed by atoms with Crippen LogP contribution in [0.25, 0.3) is 0 Å². The topological polar surface area (TPSA) is 9.23 Å². The van der Waals surface area contributed by atoms with Crippen molar-refractivity contribution >= 4 is 0 Å². The Morgan fingerprint density at radius 3 is 2.88 bits per heavy atom. The normalized spacial score (nSPS) is 8.50. The molecule has 0 radical (unpaired) electrons. The lowest BCUT2D eigenvalue weighted by Gasteiger charge is -1.94. The summed E-state index contributed by atoms with van der Waals surface area (Å²) in [6.07, 6.45) is 7.22. The molecule has 46 valence electrons. The molecule has 0 aromatic heterocycles. The van der Waals surface area contributed by atoms with Crippen LogP contribution in [0.1, 0.15) is 19.8 Å².